The molecular weight excluding hydrogens is 194 g/mol. The molecule has 15 heavy (non-hydrogen) atoms. The van der Waals surface area contributed by atoms with Crippen molar-refractivity contribution in [2.45, 2.75) is 6.92 Å². The maximum absolute atomic E-state index is 10.6. The van der Waals surface area contributed by atoms with Gasteiger partial charge in [-0.05, 0) is 14.0 Å². The fourth-order valence-corrected chi connectivity index (χ4v) is 1.64. The molecule has 2 heterocycles. The Hall–Kier alpha value is -1.36. The van der Waals surface area contributed by atoms with Crippen LogP contribution in [-0.2, 0) is 0 Å². The third-order valence-corrected chi connectivity index (χ3v) is 2.70. The number of hydrogen-bond acceptors (Lipinski definition) is 5. The standard InChI is InChI=1S/C10H15N3O2/c1-8-9(7-14)15-10(11-8)13-5-3-12(2)4-6-13/h7H,3-6H2,1-2H3. The zero-order valence-corrected chi connectivity index (χ0v) is 9.06. The monoisotopic (exact) mass is 209 g/mol. The van der Waals surface area contributed by atoms with Crippen molar-refractivity contribution >= 4 is 12.3 Å². The number of nitrogens with zero attached hydrogens (tertiary/aromatic N) is 3. The summed E-state index contributed by atoms with van der Waals surface area (Å²) in [6.45, 7) is 5.58. The van der Waals surface area contributed by atoms with E-state index in [0.717, 1.165) is 26.2 Å². The normalized spacial score (nSPS) is 18.1. The van der Waals surface area contributed by atoms with E-state index in [0.29, 0.717) is 23.8 Å². The number of anilines is 1. The Labute approximate surface area is 88.7 Å². The lowest BCUT2D eigenvalue weighted by atomic mass is 10.3. The molecule has 2 rings (SSSR count). The fourth-order valence-electron chi connectivity index (χ4n) is 1.64. The molecule has 0 saturated carbocycles. The highest BCUT2D eigenvalue weighted by atomic mass is 16.4. The van der Waals surface area contributed by atoms with Crippen molar-refractivity contribution in [1.29, 1.82) is 0 Å². The van der Waals surface area contributed by atoms with Gasteiger partial charge in [0.25, 0.3) is 6.01 Å². The lowest BCUT2D eigenvalue weighted by Crippen LogP contribution is -2.44. The lowest BCUT2D eigenvalue weighted by Gasteiger charge is -2.31. The highest BCUT2D eigenvalue weighted by molar-refractivity contribution is 5.72. The molecule has 0 unspecified atom stereocenters. The average Bonchev–Trinajstić information content (AvgIpc) is 2.61. The minimum Gasteiger partial charge on any atom is -0.420 e. The van der Waals surface area contributed by atoms with Gasteiger partial charge in [0.2, 0.25) is 0 Å². The van der Waals surface area contributed by atoms with Crippen molar-refractivity contribution < 1.29 is 9.21 Å². The van der Waals surface area contributed by atoms with E-state index in [1.165, 1.54) is 0 Å². The van der Waals surface area contributed by atoms with Crippen LogP contribution < -0.4 is 4.90 Å². The van der Waals surface area contributed by atoms with Crippen molar-refractivity contribution in [3.63, 3.8) is 0 Å². The van der Waals surface area contributed by atoms with Crippen molar-refractivity contribution in [2.75, 3.05) is 38.1 Å². The molecule has 0 aromatic carbocycles. The Morgan fingerprint density at radius 2 is 2.00 bits per heavy atom. The highest BCUT2D eigenvalue weighted by Gasteiger charge is 2.19. The first-order valence-corrected chi connectivity index (χ1v) is 5.07. The number of aldehydes is 1. The van der Waals surface area contributed by atoms with Crippen LogP contribution in [0.2, 0.25) is 0 Å². The molecule has 5 nitrogen and oxygen atoms in total. The van der Waals surface area contributed by atoms with Crippen LogP contribution in [0, 0.1) is 6.92 Å². The molecule has 5 heteroatoms. The fraction of sp³-hybridized carbons (Fsp3) is 0.600. The third kappa shape index (κ3) is 2.02. The first-order chi connectivity index (χ1) is 7.20. The number of hydrogen-bond donors (Lipinski definition) is 0. The molecule has 0 amide bonds. The van der Waals surface area contributed by atoms with Crippen molar-refractivity contribution in [1.82, 2.24) is 9.88 Å². The van der Waals surface area contributed by atoms with Gasteiger partial charge in [-0.3, -0.25) is 4.79 Å². The molecule has 1 aromatic rings. The summed E-state index contributed by atoms with van der Waals surface area (Å²) in [5.74, 6) is 0.337. The van der Waals surface area contributed by atoms with Crippen molar-refractivity contribution in [3.8, 4) is 0 Å². The van der Waals surface area contributed by atoms with Gasteiger partial charge in [0.1, 0.15) is 0 Å². The second kappa shape index (κ2) is 4.02. The highest BCUT2D eigenvalue weighted by Crippen LogP contribution is 2.18. The molecule has 0 spiro atoms. The minimum absolute atomic E-state index is 0.337. The molecule has 0 atom stereocenters. The molecule has 1 fully saturated rings. The first kappa shape index (κ1) is 10.2. The van der Waals surface area contributed by atoms with E-state index < -0.39 is 0 Å². The van der Waals surface area contributed by atoms with Gasteiger partial charge in [-0.15, -0.1) is 0 Å². The summed E-state index contributed by atoms with van der Waals surface area (Å²) in [6.07, 6.45) is 0.710. The zero-order valence-electron chi connectivity index (χ0n) is 9.06. The molecule has 1 aromatic heterocycles. The van der Waals surface area contributed by atoms with Gasteiger partial charge in [-0.1, -0.05) is 0 Å². The molecule has 1 aliphatic heterocycles. The summed E-state index contributed by atoms with van der Waals surface area (Å²) < 4.78 is 5.37. The molecule has 82 valence electrons. The third-order valence-electron chi connectivity index (χ3n) is 2.70. The summed E-state index contributed by atoms with van der Waals surface area (Å²) in [4.78, 5) is 19.2. The molecule has 0 aliphatic carbocycles. The van der Waals surface area contributed by atoms with Crippen LogP contribution in [0.4, 0.5) is 6.01 Å². The van der Waals surface area contributed by atoms with Crippen LogP contribution in [-0.4, -0.2) is 49.4 Å². The summed E-state index contributed by atoms with van der Waals surface area (Å²) in [6, 6.07) is 0.572. The molecule has 1 aliphatic rings. The number of carbonyl (C=O) groups excluding carboxylic acids is 1. The van der Waals surface area contributed by atoms with Crippen LogP contribution in [0.15, 0.2) is 4.42 Å². The maximum Gasteiger partial charge on any atom is 0.298 e. The summed E-state index contributed by atoms with van der Waals surface area (Å²) in [7, 11) is 2.09. The van der Waals surface area contributed by atoms with Gasteiger partial charge in [0.05, 0.1) is 5.69 Å². The van der Waals surface area contributed by atoms with Gasteiger partial charge in [-0.25, -0.2) is 0 Å². The molecule has 1 saturated heterocycles. The Morgan fingerprint density at radius 1 is 1.33 bits per heavy atom. The summed E-state index contributed by atoms with van der Waals surface area (Å²) in [5.41, 5.74) is 0.666. The SMILES string of the molecule is Cc1nc(N2CCN(C)CC2)oc1C=O. The van der Waals surface area contributed by atoms with Crippen LogP contribution in [0.1, 0.15) is 16.2 Å². The lowest BCUT2D eigenvalue weighted by molar-refractivity contribution is 0.110. The second-order valence-corrected chi connectivity index (χ2v) is 3.85. The van der Waals surface area contributed by atoms with Crippen molar-refractivity contribution in [3.05, 3.63) is 11.5 Å². The van der Waals surface area contributed by atoms with Crippen LogP contribution in [0.5, 0.6) is 0 Å². The predicted molar refractivity (Wildman–Crippen MR) is 56.3 cm³/mol. The van der Waals surface area contributed by atoms with E-state index >= 15 is 0 Å². The zero-order chi connectivity index (χ0) is 10.8. The van der Waals surface area contributed by atoms with E-state index in [4.69, 9.17) is 4.42 Å². The van der Waals surface area contributed by atoms with Gasteiger partial charge >= 0.3 is 0 Å². The molecule has 0 N–H and O–H groups in total. The van der Waals surface area contributed by atoms with Crippen LogP contribution in [0.25, 0.3) is 0 Å². The molecule has 0 radical (unpaired) electrons. The number of aryl methyl sites for hydroxylation is 1. The first-order valence-electron chi connectivity index (χ1n) is 5.07. The van der Waals surface area contributed by atoms with Crippen LogP contribution >= 0.6 is 0 Å². The molecular formula is C10H15N3O2. The maximum atomic E-state index is 10.6. The van der Waals surface area contributed by atoms with E-state index in [-0.39, 0.29) is 0 Å². The topological polar surface area (TPSA) is 49.6 Å². The van der Waals surface area contributed by atoms with E-state index in [9.17, 15) is 4.79 Å². The Bertz CT molecular complexity index is 354. The van der Waals surface area contributed by atoms with Gasteiger partial charge in [-0.2, -0.15) is 4.98 Å². The van der Waals surface area contributed by atoms with Gasteiger partial charge < -0.3 is 14.2 Å². The number of carbonyl (C=O) groups is 1. The van der Waals surface area contributed by atoms with Crippen molar-refractivity contribution in [2.24, 2.45) is 0 Å². The van der Waals surface area contributed by atoms with Gasteiger partial charge in [0.15, 0.2) is 12.0 Å². The number of aromatic nitrogens is 1. The largest absolute Gasteiger partial charge is 0.420 e. The Kier molecular flexibility index (Phi) is 2.73. The second-order valence-electron chi connectivity index (χ2n) is 3.85. The Balaban J connectivity index is 2.12. The van der Waals surface area contributed by atoms with Gasteiger partial charge in [0, 0.05) is 26.2 Å². The number of piperazine rings is 1. The number of likely N-dealkylation sites (N-methyl/N-ethyl adjacent to an activating group) is 1. The predicted octanol–water partition coefficient (Wildman–Crippen LogP) is 0.547. The van der Waals surface area contributed by atoms with Crippen LogP contribution in [0.3, 0.4) is 0 Å². The number of rotatable bonds is 2. The quantitative estimate of drug-likeness (QED) is 0.666. The van der Waals surface area contributed by atoms with E-state index in [1.807, 2.05) is 0 Å². The van der Waals surface area contributed by atoms with E-state index in [2.05, 4.69) is 21.8 Å². The summed E-state index contributed by atoms with van der Waals surface area (Å²) in [5, 5.41) is 0. The number of oxazole rings is 1. The van der Waals surface area contributed by atoms with E-state index in [1.54, 1.807) is 6.92 Å². The Morgan fingerprint density at radius 3 is 2.53 bits per heavy atom. The smallest absolute Gasteiger partial charge is 0.298 e. The average molecular weight is 209 g/mol. The minimum atomic E-state index is 0.337. The molecule has 0 bridgehead atoms. The summed E-state index contributed by atoms with van der Waals surface area (Å²) >= 11 is 0.